The van der Waals surface area contributed by atoms with E-state index in [4.69, 9.17) is 11.6 Å². The number of aromatic nitrogens is 2. The number of halogens is 1. The van der Waals surface area contributed by atoms with Crippen molar-refractivity contribution in [3.8, 4) is 0 Å². The molecule has 2 rings (SSSR count). The minimum Gasteiger partial charge on any atom is -0.317 e. The zero-order valence-corrected chi connectivity index (χ0v) is 10.1. The van der Waals surface area contributed by atoms with Gasteiger partial charge < -0.3 is 5.32 Å². The quantitative estimate of drug-likeness (QED) is 0.888. The van der Waals surface area contributed by atoms with E-state index >= 15 is 0 Å². The summed E-state index contributed by atoms with van der Waals surface area (Å²) < 4.78 is 0. The molecule has 4 heteroatoms. The molecule has 1 N–H and O–H groups in total. The Labute approximate surface area is 99.9 Å². The molecule has 1 aromatic heterocycles. The molecule has 0 radical (unpaired) electrons. The highest BCUT2D eigenvalue weighted by atomic mass is 35.5. The Balaban J connectivity index is 2.47. The summed E-state index contributed by atoms with van der Waals surface area (Å²) in [6.07, 6.45) is 2.48. The predicted molar refractivity (Wildman–Crippen MR) is 66.8 cm³/mol. The smallest absolute Gasteiger partial charge is 0.116 e. The van der Waals surface area contributed by atoms with Crippen LogP contribution in [0.3, 0.4) is 0 Å². The molecule has 1 atom stereocenters. The lowest BCUT2D eigenvalue weighted by atomic mass is 10.1. The number of benzene rings is 1. The van der Waals surface area contributed by atoms with Crippen LogP contribution in [0.4, 0.5) is 0 Å². The Hall–Kier alpha value is -1.19. The van der Waals surface area contributed by atoms with Crippen molar-refractivity contribution in [2.75, 3.05) is 7.05 Å². The fraction of sp³-hybridized carbons (Fsp3) is 0.333. The number of nitrogens with one attached hydrogen (secondary N) is 1. The van der Waals surface area contributed by atoms with Gasteiger partial charge >= 0.3 is 0 Å². The van der Waals surface area contributed by atoms with E-state index in [-0.39, 0.29) is 0 Å². The first-order valence-electron chi connectivity index (χ1n) is 5.27. The lowest BCUT2D eigenvalue weighted by Gasteiger charge is -2.11. The third-order valence-corrected chi connectivity index (χ3v) is 2.91. The van der Waals surface area contributed by atoms with Gasteiger partial charge in [0.2, 0.25) is 0 Å². The highest BCUT2D eigenvalue weighted by Crippen LogP contribution is 2.20. The molecule has 0 bridgehead atoms. The Morgan fingerprint density at radius 3 is 2.94 bits per heavy atom. The van der Waals surface area contributed by atoms with E-state index in [0.717, 1.165) is 28.0 Å². The summed E-state index contributed by atoms with van der Waals surface area (Å²) in [6, 6.07) is 6.08. The summed E-state index contributed by atoms with van der Waals surface area (Å²) in [6.45, 7) is 2.12. The van der Waals surface area contributed by atoms with E-state index in [1.165, 1.54) is 0 Å². The van der Waals surface area contributed by atoms with Crippen molar-refractivity contribution in [2.24, 2.45) is 0 Å². The summed E-state index contributed by atoms with van der Waals surface area (Å²) in [5.74, 6) is 0. The number of hydrogen-bond donors (Lipinski definition) is 1. The monoisotopic (exact) mass is 235 g/mol. The Bertz CT molecular complexity index is 499. The van der Waals surface area contributed by atoms with E-state index in [2.05, 4.69) is 22.2 Å². The van der Waals surface area contributed by atoms with Gasteiger partial charge in [0.25, 0.3) is 0 Å². The molecule has 3 nitrogen and oxygen atoms in total. The molecule has 2 aromatic rings. The second kappa shape index (κ2) is 4.76. The Morgan fingerprint density at radius 1 is 1.38 bits per heavy atom. The molecule has 0 saturated heterocycles. The molecular formula is C12H14ClN3. The van der Waals surface area contributed by atoms with Crippen LogP contribution in [0.1, 0.15) is 12.6 Å². The van der Waals surface area contributed by atoms with Gasteiger partial charge in [0.15, 0.2) is 0 Å². The van der Waals surface area contributed by atoms with Crippen molar-refractivity contribution in [3.05, 3.63) is 35.2 Å². The van der Waals surface area contributed by atoms with Crippen LogP contribution in [-0.2, 0) is 6.42 Å². The van der Waals surface area contributed by atoms with E-state index in [9.17, 15) is 0 Å². The predicted octanol–water partition coefficient (Wildman–Crippen LogP) is 2.43. The molecule has 0 aliphatic rings. The normalized spacial score (nSPS) is 12.9. The number of rotatable bonds is 3. The summed E-state index contributed by atoms with van der Waals surface area (Å²) in [7, 11) is 1.95. The average molecular weight is 236 g/mol. The lowest BCUT2D eigenvalue weighted by molar-refractivity contribution is 0.602. The van der Waals surface area contributed by atoms with E-state index in [0.29, 0.717) is 6.04 Å². The fourth-order valence-corrected chi connectivity index (χ4v) is 1.81. The maximum absolute atomic E-state index is 5.99. The van der Waals surface area contributed by atoms with Gasteiger partial charge in [0, 0.05) is 22.9 Å². The molecule has 1 heterocycles. The third kappa shape index (κ3) is 2.31. The molecule has 0 aliphatic heterocycles. The third-order valence-electron chi connectivity index (χ3n) is 2.67. The van der Waals surface area contributed by atoms with Crippen molar-refractivity contribution in [1.29, 1.82) is 0 Å². The topological polar surface area (TPSA) is 37.8 Å². The first kappa shape index (κ1) is 11.3. The van der Waals surface area contributed by atoms with Crippen molar-refractivity contribution in [3.63, 3.8) is 0 Å². The van der Waals surface area contributed by atoms with Crippen LogP contribution in [-0.4, -0.2) is 23.1 Å². The van der Waals surface area contributed by atoms with E-state index in [1.54, 1.807) is 6.33 Å². The molecular weight excluding hydrogens is 222 g/mol. The molecule has 1 unspecified atom stereocenters. The van der Waals surface area contributed by atoms with Gasteiger partial charge in [0.1, 0.15) is 6.33 Å². The summed E-state index contributed by atoms with van der Waals surface area (Å²) in [5, 5.41) is 4.96. The van der Waals surface area contributed by atoms with Crippen LogP contribution >= 0.6 is 11.6 Å². The SMILES string of the molecule is CNC(C)Cc1ncnc2ccc(Cl)cc12. The van der Waals surface area contributed by atoms with Crippen LogP contribution in [0, 0.1) is 0 Å². The highest BCUT2D eigenvalue weighted by Gasteiger charge is 2.07. The molecule has 0 saturated carbocycles. The minimum absolute atomic E-state index is 0.386. The maximum atomic E-state index is 5.99. The van der Waals surface area contributed by atoms with Crippen LogP contribution in [0.15, 0.2) is 24.5 Å². The number of nitrogens with zero attached hydrogens (tertiary/aromatic N) is 2. The van der Waals surface area contributed by atoms with Crippen molar-refractivity contribution >= 4 is 22.5 Å². The van der Waals surface area contributed by atoms with Gasteiger partial charge in [-0.1, -0.05) is 11.6 Å². The van der Waals surface area contributed by atoms with Crippen LogP contribution in [0.5, 0.6) is 0 Å². The molecule has 84 valence electrons. The molecule has 0 aliphatic carbocycles. The van der Waals surface area contributed by atoms with Crippen molar-refractivity contribution in [2.45, 2.75) is 19.4 Å². The first-order valence-corrected chi connectivity index (χ1v) is 5.65. The molecule has 0 spiro atoms. The Kier molecular flexibility index (Phi) is 3.36. The largest absolute Gasteiger partial charge is 0.317 e. The molecule has 0 fully saturated rings. The number of hydrogen-bond acceptors (Lipinski definition) is 3. The average Bonchev–Trinajstić information content (AvgIpc) is 2.29. The van der Waals surface area contributed by atoms with E-state index < -0.39 is 0 Å². The van der Waals surface area contributed by atoms with Gasteiger partial charge in [-0.2, -0.15) is 0 Å². The van der Waals surface area contributed by atoms with Crippen molar-refractivity contribution in [1.82, 2.24) is 15.3 Å². The standard InChI is InChI=1S/C12H14ClN3/c1-8(14-2)5-12-10-6-9(13)3-4-11(10)15-7-16-12/h3-4,6-8,14H,5H2,1-2H3. The summed E-state index contributed by atoms with van der Waals surface area (Å²) in [4.78, 5) is 8.55. The van der Waals surface area contributed by atoms with Gasteiger partial charge in [-0.05, 0) is 32.2 Å². The fourth-order valence-electron chi connectivity index (χ4n) is 1.64. The maximum Gasteiger partial charge on any atom is 0.116 e. The summed E-state index contributed by atoms with van der Waals surface area (Å²) >= 11 is 5.99. The second-order valence-corrected chi connectivity index (χ2v) is 4.31. The van der Waals surface area contributed by atoms with Gasteiger partial charge in [-0.25, -0.2) is 9.97 Å². The van der Waals surface area contributed by atoms with Crippen LogP contribution in [0.2, 0.25) is 5.02 Å². The van der Waals surface area contributed by atoms with Crippen LogP contribution < -0.4 is 5.32 Å². The van der Waals surface area contributed by atoms with Gasteiger partial charge in [0.05, 0.1) is 11.2 Å². The van der Waals surface area contributed by atoms with E-state index in [1.807, 2.05) is 25.2 Å². The molecule has 1 aromatic carbocycles. The molecule has 0 amide bonds. The lowest BCUT2D eigenvalue weighted by Crippen LogP contribution is -2.24. The number of fused-ring (bicyclic) bond motifs is 1. The van der Waals surface area contributed by atoms with Gasteiger partial charge in [-0.3, -0.25) is 0 Å². The molecule has 16 heavy (non-hydrogen) atoms. The zero-order chi connectivity index (χ0) is 11.5. The second-order valence-electron chi connectivity index (χ2n) is 3.88. The first-order chi connectivity index (χ1) is 7.70. The van der Waals surface area contributed by atoms with Crippen LogP contribution in [0.25, 0.3) is 10.9 Å². The highest BCUT2D eigenvalue weighted by molar-refractivity contribution is 6.31. The minimum atomic E-state index is 0.386. The summed E-state index contributed by atoms with van der Waals surface area (Å²) in [5.41, 5.74) is 1.98. The van der Waals surface area contributed by atoms with Gasteiger partial charge in [-0.15, -0.1) is 0 Å². The number of likely N-dealkylation sites (N-methyl/N-ethyl adjacent to an activating group) is 1. The van der Waals surface area contributed by atoms with Crippen molar-refractivity contribution < 1.29 is 0 Å². The Morgan fingerprint density at radius 2 is 2.19 bits per heavy atom. The zero-order valence-electron chi connectivity index (χ0n) is 9.37.